The minimum absolute atomic E-state index is 0.0787. The Labute approximate surface area is 172 Å². The number of nitrogens with one attached hydrogen (secondary N) is 1. The summed E-state index contributed by atoms with van der Waals surface area (Å²) in [5.41, 5.74) is 2.13. The van der Waals surface area contributed by atoms with Crippen molar-refractivity contribution in [2.75, 3.05) is 13.1 Å². The van der Waals surface area contributed by atoms with Crippen LogP contribution in [0.25, 0.3) is 5.69 Å². The molecule has 2 aliphatic rings. The first-order chi connectivity index (χ1) is 13.8. The zero-order valence-corrected chi connectivity index (χ0v) is 17.5. The van der Waals surface area contributed by atoms with Gasteiger partial charge in [-0.1, -0.05) is 39.0 Å². The largest absolute Gasteiger partial charge is 0.348 e. The van der Waals surface area contributed by atoms with E-state index in [1.807, 2.05) is 62.1 Å². The number of aromatic nitrogens is 2. The molecule has 6 heteroatoms. The summed E-state index contributed by atoms with van der Waals surface area (Å²) in [6.45, 7) is 7.22. The lowest BCUT2D eigenvalue weighted by molar-refractivity contribution is -0.140. The highest BCUT2D eigenvalue weighted by Gasteiger charge is 2.32. The third kappa shape index (κ3) is 4.36. The van der Waals surface area contributed by atoms with E-state index in [1.54, 1.807) is 4.68 Å². The van der Waals surface area contributed by atoms with Gasteiger partial charge in [0.2, 0.25) is 5.91 Å². The molecule has 2 fully saturated rings. The molecule has 29 heavy (non-hydrogen) atoms. The van der Waals surface area contributed by atoms with Crippen LogP contribution in [0.1, 0.15) is 68.6 Å². The van der Waals surface area contributed by atoms with E-state index in [9.17, 15) is 9.59 Å². The summed E-state index contributed by atoms with van der Waals surface area (Å²) in [6.07, 6.45) is 3.85. The summed E-state index contributed by atoms with van der Waals surface area (Å²) < 4.78 is 1.77. The molecule has 6 nitrogen and oxygen atoms in total. The highest BCUT2D eigenvalue weighted by atomic mass is 16.2. The van der Waals surface area contributed by atoms with Crippen LogP contribution in [0.5, 0.6) is 0 Å². The maximum absolute atomic E-state index is 13.1. The highest BCUT2D eigenvalue weighted by Crippen LogP contribution is 2.39. The summed E-state index contributed by atoms with van der Waals surface area (Å²) in [5.74, 6) is 0.575. The minimum Gasteiger partial charge on any atom is -0.348 e. The third-order valence-electron chi connectivity index (χ3n) is 5.72. The molecule has 0 spiro atoms. The van der Waals surface area contributed by atoms with Crippen molar-refractivity contribution in [1.82, 2.24) is 20.0 Å². The molecular weight excluding hydrogens is 364 g/mol. The Morgan fingerprint density at radius 1 is 1.03 bits per heavy atom. The number of likely N-dealkylation sites (tertiary alicyclic amines) is 1. The van der Waals surface area contributed by atoms with E-state index in [-0.39, 0.29) is 23.3 Å². The molecule has 1 aromatic heterocycles. The molecule has 1 aliphatic carbocycles. The Kier molecular flexibility index (Phi) is 5.19. The van der Waals surface area contributed by atoms with E-state index in [0.29, 0.717) is 24.7 Å². The van der Waals surface area contributed by atoms with Crippen LogP contribution in [-0.2, 0) is 4.79 Å². The van der Waals surface area contributed by atoms with Gasteiger partial charge in [-0.15, -0.1) is 0 Å². The Balaban J connectivity index is 1.45. The first-order valence-corrected chi connectivity index (χ1v) is 10.6. The number of nitrogens with zero attached hydrogens (tertiary/aromatic N) is 3. The first kappa shape index (κ1) is 19.7. The zero-order valence-electron chi connectivity index (χ0n) is 17.5. The second-order valence-corrected chi connectivity index (χ2v) is 9.27. The number of benzene rings is 1. The Morgan fingerprint density at radius 2 is 1.69 bits per heavy atom. The van der Waals surface area contributed by atoms with Gasteiger partial charge < -0.3 is 10.2 Å². The van der Waals surface area contributed by atoms with Crippen molar-refractivity contribution in [3.8, 4) is 5.69 Å². The molecule has 4 rings (SSSR count). The molecule has 1 aliphatic heterocycles. The monoisotopic (exact) mass is 394 g/mol. The van der Waals surface area contributed by atoms with Gasteiger partial charge in [0.1, 0.15) is 5.69 Å². The molecule has 0 radical (unpaired) electrons. The summed E-state index contributed by atoms with van der Waals surface area (Å²) in [7, 11) is 0. The topological polar surface area (TPSA) is 67.2 Å². The van der Waals surface area contributed by atoms with Crippen molar-refractivity contribution < 1.29 is 9.59 Å². The van der Waals surface area contributed by atoms with Crippen molar-refractivity contribution in [3.63, 3.8) is 0 Å². The number of carbonyl (C=O) groups is 2. The molecule has 1 aromatic carbocycles. The normalized spacial score (nSPS) is 18.0. The number of amides is 2. The van der Waals surface area contributed by atoms with E-state index < -0.39 is 0 Å². The fraction of sp³-hybridized carbons (Fsp3) is 0.522. The smallest absolute Gasteiger partial charge is 0.270 e. The van der Waals surface area contributed by atoms with Crippen LogP contribution in [0, 0.1) is 5.41 Å². The van der Waals surface area contributed by atoms with Gasteiger partial charge in [-0.05, 0) is 43.9 Å². The first-order valence-electron chi connectivity index (χ1n) is 10.6. The van der Waals surface area contributed by atoms with Gasteiger partial charge >= 0.3 is 0 Å². The fourth-order valence-corrected chi connectivity index (χ4v) is 3.87. The number of hydrogen-bond acceptors (Lipinski definition) is 3. The molecule has 2 aromatic rings. The van der Waals surface area contributed by atoms with E-state index in [1.165, 1.54) is 0 Å². The van der Waals surface area contributed by atoms with Crippen molar-refractivity contribution in [3.05, 3.63) is 47.8 Å². The van der Waals surface area contributed by atoms with Crippen LogP contribution >= 0.6 is 0 Å². The quantitative estimate of drug-likeness (QED) is 0.863. The van der Waals surface area contributed by atoms with Crippen molar-refractivity contribution in [1.29, 1.82) is 0 Å². The van der Waals surface area contributed by atoms with Crippen molar-refractivity contribution in [2.45, 2.75) is 58.4 Å². The van der Waals surface area contributed by atoms with Crippen molar-refractivity contribution in [2.24, 2.45) is 5.41 Å². The molecule has 0 unspecified atom stereocenters. The van der Waals surface area contributed by atoms with E-state index in [2.05, 4.69) is 5.32 Å². The Bertz CT molecular complexity index is 885. The molecular formula is C23H30N4O2. The standard InChI is InChI=1S/C23H30N4O2/c1-23(2,3)22(29)26-13-11-17(12-14-26)24-21(28)20-15-19(16-9-10-16)25-27(20)18-7-5-4-6-8-18/h4-8,15-17H,9-14H2,1-3H3,(H,24,28). The lowest BCUT2D eigenvalue weighted by Gasteiger charge is -2.36. The minimum atomic E-state index is -0.364. The average Bonchev–Trinajstić information content (AvgIpc) is 3.46. The SMILES string of the molecule is CC(C)(C)C(=O)N1CCC(NC(=O)c2cc(C3CC3)nn2-c2ccccc2)CC1. The Morgan fingerprint density at radius 3 is 2.28 bits per heavy atom. The lowest BCUT2D eigenvalue weighted by atomic mass is 9.93. The van der Waals surface area contributed by atoms with Crippen molar-refractivity contribution >= 4 is 11.8 Å². The fourth-order valence-electron chi connectivity index (χ4n) is 3.87. The van der Waals surface area contributed by atoms with Crippen LogP contribution in [-0.4, -0.2) is 45.6 Å². The predicted molar refractivity (Wildman–Crippen MR) is 112 cm³/mol. The molecule has 0 bridgehead atoms. The molecule has 0 atom stereocenters. The molecule has 154 valence electrons. The van der Waals surface area contributed by atoms with Gasteiger partial charge in [0, 0.05) is 30.5 Å². The summed E-state index contributed by atoms with van der Waals surface area (Å²) in [6, 6.07) is 11.8. The molecule has 1 N–H and O–H groups in total. The van der Waals surface area contributed by atoms with Gasteiger partial charge in [-0.2, -0.15) is 5.10 Å². The number of hydrogen-bond donors (Lipinski definition) is 1. The number of piperidine rings is 1. The second-order valence-electron chi connectivity index (χ2n) is 9.27. The number of para-hydroxylation sites is 1. The average molecular weight is 395 g/mol. The summed E-state index contributed by atoms with van der Waals surface area (Å²) in [4.78, 5) is 27.5. The summed E-state index contributed by atoms with van der Waals surface area (Å²) in [5, 5.41) is 7.90. The van der Waals surface area contributed by atoms with Gasteiger partial charge in [-0.3, -0.25) is 9.59 Å². The zero-order chi connectivity index (χ0) is 20.6. The van der Waals surface area contributed by atoms with Crippen LogP contribution in [0.4, 0.5) is 0 Å². The van der Waals surface area contributed by atoms with E-state index in [4.69, 9.17) is 5.10 Å². The maximum Gasteiger partial charge on any atom is 0.270 e. The molecule has 1 saturated heterocycles. The van der Waals surface area contributed by atoms with E-state index in [0.717, 1.165) is 37.1 Å². The number of rotatable bonds is 4. The number of carbonyl (C=O) groups excluding carboxylic acids is 2. The highest BCUT2D eigenvalue weighted by molar-refractivity contribution is 5.93. The second kappa shape index (κ2) is 7.65. The van der Waals surface area contributed by atoms with Gasteiger partial charge in [0.15, 0.2) is 0 Å². The molecule has 2 amide bonds. The Hall–Kier alpha value is -2.63. The third-order valence-corrected chi connectivity index (χ3v) is 5.72. The van der Waals surface area contributed by atoms with Crippen LogP contribution in [0.15, 0.2) is 36.4 Å². The molecule has 2 heterocycles. The van der Waals surface area contributed by atoms with Gasteiger partial charge in [0.25, 0.3) is 5.91 Å². The predicted octanol–water partition coefficient (Wildman–Crippen LogP) is 3.52. The van der Waals surface area contributed by atoms with Gasteiger partial charge in [-0.25, -0.2) is 4.68 Å². The van der Waals surface area contributed by atoms with E-state index >= 15 is 0 Å². The van der Waals surface area contributed by atoms with Crippen LogP contribution in [0.2, 0.25) is 0 Å². The maximum atomic E-state index is 13.1. The summed E-state index contributed by atoms with van der Waals surface area (Å²) >= 11 is 0. The molecule has 1 saturated carbocycles. The lowest BCUT2D eigenvalue weighted by Crippen LogP contribution is -2.49. The van der Waals surface area contributed by atoms with Crippen LogP contribution < -0.4 is 5.32 Å². The van der Waals surface area contributed by atoms with Gasteiger partial charge in [0.05, 0.1) is 11.4 Å². The van der Waals surface area contributed by atoms with Crippen LogP contribution in [0.3, 0.4) is 0 Å².